The second-order valence-electron chi connectivity index (χ2n) is 6.93. The van der Waals surface area contributed by atoms with Gasteiger partial charge in [-0.3, -0.25) is 4.99 Å². The summed E-state index contributed by atoms with van der Waals surface area (Å²) >= 11 is 0. The van der Waals surface area contributed by atoms with Crippen LogP contribution in [0.2, 0.25) is 0 Å². The Labute approximate surface area is 177 Å². The number of methoxy groups -OCH3 is 1. The van der Waals surface area contributed by atoms with Crippen molar-refractivity contribution in [2.45, 2.75) is 19.3 Å². The highest BCUT2D eigenvalue weighted by Crippen LogP contribution is 2.01. The Hall–Kier alpha value is -0.160. The Bertz CT molecular complexity index is 359. The first-order valence-electron chi connectivity index (χ1n) is 9.68. The number of halogens is 1. The van der Waals surface area contributed by atoms with Crippen LogP contribution < -0.4 is 10.6 Å². The Morgan fingerprint density at radius 1 is 1.08 bits per heavy atom. The molecule has 7 nitrogen and oxygen atoms in total. The van der Waals surface area contributed by atoms with Gasteiger partial charge in [0.2, 0.25) is 0 Å². The molecule has 0 bridgehead atoms. The zero-order valence-electron chi connectivity index (χ0n) is 17.3. The van der Waals surface area contributed by atoms with Gasteiger partial charge in [0, 0.05) is 60.0 Å². The average Bonchev–Trinajstić information content (AvgIpc) is 2.81. The summed E-state index contributed by atoms with van der Waals surface area (Å²) < 4.78 is 5.09. The highest BCUT2D eigenvalue weighted by Gasteiger charge is 2.11. The molecule has 2 N–H and O–H groups in total. The summed E-state index contributed by atoms with van der Waals surface area (Å²) in [6.07, 6.45) is 3.51. The maximum absolute atomic E-state index is 5.09. The summed E-state index contributed by atoms with van der Waals surface area (Å²) in [6.45, 7) is 10.8. The van der Waals surface area contributed by atoms with E-state index in [1.807, 2.05) is 7.05 Å². The van der Waals surface area contributed by atoms with Crippen LogP contribution in [0.15, 0.2) is 4.99 Å². The molecule has 0 amide bonds. The molecule has 1 heterocycles. The van der Waals surface area contributed by atoms with Crippen LogP contribution in [0, 0.1) is 0 Å². The van der Waals surface area contributed by atoms with E-state index in [0.717, 1.165) is 51.6 Å². The number of rotatable bonds is 11. The van der Waals surface area contributed by atoms with Gasteiger partial charge in [0.05, 0.1) is 0 Å². The third-order valence-electron chi connectivity index (χ3n) is 4.65. The molecule has 0 spiro atoms. The molecular weight excluding hydrogens is 443 g/mol. The van der Waals surface area contributed by atoms with E-state index < -0.39 is 0 Å². The summed E-state index contributed by atoms with van der Waals surface area (Å²) in [5.41, 5.74) is 0. The molecule has 0 atom stereocenters. The van der Waals surface area contributed by atoms with E-state index in [-0.39, 0.29) is 24.0 Å². The average molecular weight is 484 g/mol. The molecule has 156 valence electrons. The molecule has 0 unspecified atom stereocenters. The molecule has 1 aliphatic heterocycles. The van der Waals surface area contributed by atoms with E-state index in [2.05, 4.69) is 44.4 Å². The van der Waals surface area contributed by atoms with Crippen molar-refractivity contribution in [3.8, 4) is 0 Å². The van der Waals surface area contributed by atoms with Crippen molar-refractivity contribution >= 4 is 29.9 Å². The Morgan fingerprint density at radius 3 is 2.58 bits per heavy atom. The molecular formula is C18H41IN6O. The zero-order valence-corrected chi connectivity index (χ0v) is 19.6. The Balaban J connectivity index is 0.00000625. The van der Waals surface area contributed by atoms with Gasteiger partial charge in [-0.05, 0) is 53.0 Å². The van der Waals surface area contributed by atoms with Crippen LogP contribution in [0.1, 0.15) is 19.3 Å². The van der Waals surface area contributed by atoms with Crippen molar-refractivity contribution in [1.82, 2.24) is 25.3 Å². The van der Waals surface area contributed by atoms with E-state index in [0.29, 0.717) is 0 Å². The fraction of sp³-hybridized carbons (Fsp3) is 0.944. The minimum Gasteiger partial charge on any atom is -0.385 e. The van der Waals surface area contributed by atoms with Crippen molar-refractivity contribution in [1.29, 1.82) is 0 Å². The monoisotopic (exact) mass is 484 g/mol. The SMILES string of the molecule is CN=C(NCCCN1CCCN(C)CC1)NCCN(C)CCCOC.I. The molecule has 26 heavy (non-hydrogen) atoms. The molecule has 0 aromatic rings. The first-order valence-corrected chi connectivity index (χ1v) is 9.68. The van der Waals surface area contributed by atoms with Crippen LogP contribution in [0.4, 0.5) is 0 Å². The van der Waals surface area contributed by atoms with E-state index in [1.54, 1.807) is 7.11 Å². The number of guanidine groups is 1. The van der Waals surface area contributed by atoms with E-state index in [4.69, 9.17) is 4.74 Å². The smallest absolute Gasteiger partial charge is 0.191 e. The predicted octanol–water partition coefficient (Wildman–Crippen LogP) is 0.765. The maximum Gasteiger partial charge on any atom is 0.191 e. The molecule has 0 saturated carbocycles. The molecule has 1 rings (SSSR count). The Morgan fingerprint density at radius 2 is 1.85 bits per heavy atom. The van der Waals surface area contributed by atoms with Crippen LogP contribution in [0.3, 0.4) is 0 Å². The van der Waals surface area contributed by atoms with Gasteiger partial charge in [-0.2, -0.15) is 0 Å². The molecule has 1 fully saturated rings. The number of hydrogen-bond acceptors (Lipinski definition) is 5. The molecule has 8 heteroatoms. The minimum atomic E-state index is 0. The minimum absolute atomic E-state index is 0. The fourth-order valence-electron chi connectivity index (χ4n) is 3.01. The summed E-state index contributed by atoms with van der Waals surface area (Å²) in [7, 11) is 7.95. The second kappa shape index (κ2) is 17.0. The van der Waals surface area contributed by atoms with Crippen molar-refractivity contribution in [2.24, 2.45) is 4.99 Å². The summed E-state index contributed by atoms with van der Waals surface area (Å²) in [4.78, 5) is 11.6. The van der Waals surface area contributed by atoms with Crippen LogP contribution >= 0.6 is 24.0 Å². The lowest BCUT2D eigenvalue weighted by molar-refractivity contribution is 0.180. The molecule has 0 radical (unpaired) electrons. The lowest BCUT2D eigenvalue weighted by Crippen LogP contribution is -2.42. The number of nitrogens with zero attached hydrogens (tertiary/aromatic N) is 4. The van der Waals surface area contributed by atoms with E-state index in [1.165, 1.54) is 39.1 Å². The first kappa shape index (κ1) is 25.8. The van der Waals surface area contributed by atoms with Gasteiger partial charge < -0.3 is 30.1 Å². The van der Waals surface area contributed by atoms with Gasteiger partial charge in [0.25, 0.3) is 0 Å². The summed E-state index contributed by atoms with van der Waals surface area (Å²) in [5, 5.41) is 6.81. The number of aliphatic imine (C=N–C) groups is 1. The van der Waals surface area contributed by atoms with Crippen molar-refractivity contribution in [3.05, 3.63) is 0 Å². The van der Waals surface area contributed by atoms with Gasteiger partial charge in [0.1, 0.15) is 0 Å². The number of nitrogens with one attached hydrogen (secondary N) is 2. The topological polar surface area (TPSA) is 55.4 Å². The van der Waals surface area contributed by atoms with Gasteiger partial charge in [-0.15, -0.1) is 24.0 Å². The molecule has 1 aliphatic rings. The predicted molar refractivity (Wildman–Crippen MR) is 122 cm³/mol. The fourth-order valence-corrected chi connectivity index (χ4v) is 3.01. The molecule has 1 saturated heterocycles. The summed E-state index contributed by atoms with van der Waals surface area (Å²) in [5.74, 6) is 0.904. The lowest BCUT2D eigenvalue weighted by Gasteiger charge is -2.21. The standard InChI is InChI=1S/C18H40N6O.HI/c1-19-18(21-9-14-22(2)11-7-17-25-4)20-8-5-12-24-13-6-10-23(3)15-16-24;/h5-17H2,1-4H3,(H2,19,20,21);1H. The van der Waals surface area contributed by atoms with Crippen molar-refractivity contribution in [3.63, 3.8) is 0 Å². The second-order valence-corrected chi connectivity index (χ2v) is 6.93. The number of likely N-dealkylation sites (N-methyl/N-ethyl adjacent to an activating group) is 2. The van der Waals surface area contributed by atoms with Gasteiger partial charge in [0.15, 0.2) is 5.96 Å². The quantitative estimate of drug-likeness (QED) is 0.196. The normalized spacial score (nSPS) is 17.0. The van der Waals surface area contributed by atoms with Crippen LogP contribution in [0.5, 0.6) is 0 Å². The van der Waals surface area contributed by atoms with Gasteiger partial charge in [-0.1, -0.05) is 0 Å². The zero-order chi connectivity index (χ0) is 18.3. The third kappa shape index (κ3) is 13.1. The highest BCUT2D eigenvalue weighted by atomic mass is 127. The van der Waals surface area contributed by atoms with Gasteiger partial charge >= 0.3 is 0 Å². The maximum atomic E-state index is 5.09. The van der Waals surface area contributed by atoms with Crippen molar-refractivity contribution < 1.29 is 4.74 Å². The third-order valence-corrected chi connectivity index (χ3v) is 4.65. The number of hydrogen-bond donors (Lipinski definition) is 2. The van der Waals surface area contributed by atoms with E-state index >= 15 is 0 Å². The van der Waals surface area contributed by atoms with Crippen molar-refractivity contribution in [2.75, 3.05) is 93.8 Å². The molecule has 0 aromatic carbocycles. The summed E-state index contributed by atoms with van der Waals surface area (Å²) in [6, 6.07) is 0. The highest BCUT2D eigenvalue weighted by molar-refractivity contribution is 14.0. The van der Waals surface area contributed by atoms with Crippen LogP contribution in [-0.4, -0.2) is 114 Å². The van der Waals surface area contributed by atoms with Crippen LogP contribution in [0.25, 0.3) is 0 Å². The van der Waals surface area contributed by atoms with Gasteiger partial charge in [-0.25, -0.2) is 0 Å². The first-order chi connectivity index (χ1) is 12.2. The molecule has 0 aromatic heterocycles. The van der Waals surface area contributed by atoms with Crippen LogP contribution in [-0.2, 0) is 4.74 Å². The lowest BCUT2D eigenvalue weighted by atomic mass is 10.3. The Kier molecular flexibility index (Phi) is 16.9. The number of ether oxygens (including phenoxy) is 1. The van der Waals surface area contributed by atoms with E-state index in [9.17, 15) is 0 Å². The molecule has 0 aliphatic carbocycles. The largest absolute Gasteiger partial charge is 0.385 e.